The van der Waals surface area contributed by atoms with E-state index >= 15 is 0 Å². The Kier molecular flexibility index (Phi) is 2.96. The molecule has 1 rings (SSSR count). The summed E-state index contributed by atoms with van der Waals surface area (Å²) in [6.07, 6.45) is 2.97. The first-order chi connectivity index (χ1) is 5.93. The Labute approximate surface area is 79.7 Å². The number of likely N-dealkylation sites (tertiary alicyclic amines) is 1. The van der Waals surface area contributed by atoms with Gasteiger partial charge >= 0.3 is 5.97 Å². The number of carboxylic acids is 1. The Hall–Kier alpha value is -0.570. The quantitative estimate of drug-likeness (QED) is 0.676. The zero-order valence-corrected chi connectivity index (χ0v) is 8.71. The molecule has 0 aromatic heterocycles. The maximum absolute atomic E-state index is 11.0. The van der Waals surface area contributed by atoms with E-state index < -0.39 is 5.97 Å². The fraction of sp³-hybridized carbons (Fsp3) is 0.900. The molecule has 0 radical (unpaired) electrons. The number of hydrogen-bond donors (Lipinski definition) is 1. The first-order valence-corrected chi connectivity index (χ1v) is 4.92. The molecule has 1 fully saturated rings. The molecule has 1 saturated heterocycles. The van der Waals surface area contributed by atoms with Crippen molar-refractivity contribution in [3.8, 4) is 0 Å². The van der Waals surface area contributed by atoms with Crippen molar-refractivity contribution in [3.05, 3.63) is 0 Å². The number of hydrogen-bond acceptors (Lipinski definition) is 2. The van der Waals surface area contributed by atoms with Crippen LogP contribution in [0.25, 0.3) is 0 Å². The molecule has 1 unspecified atom stereocenters. The minimum absolute atomic E-state index is 0.0243. The Balaban J connectivity index is 2.73. The smallest absolute Gasteiger partial charge is 0.320 e. The summed E-state index contributed by atoms with van der Waals surface area (Å²) < 4.78 is 0. The number of carbonyl (C=O) groups is 1. The van der Waals surface area contributed by atoms with Gasteiger partial charge in [0, 0.05) is 5.54 Å². The van der Waals surface area contributed by atoms with E-state index in [1.165, 1.54) is 0 Å². The van der Waals surface area contributed by atoms with Crippen LogP contribution < -0.4 is 0 Å². The summed E-state index contributed by atoms with van der Waals surface area (Å²) in [5.74, 6) is -0.672. The van der Waals surface area contributed by atoms with Crippen molar-refractivity contribution in [3.63, 3.8) is 0 Å². The molecule has 1 N–H and O–H groups in total. The number of piperidine rings is 1. The monoisotopic (exact) mass is 185 g/mol. The maximum Gasteiger partial charge on any atom is 0.320 e. The second kappa shape index (κ2) is 3.66. The van der Waals surface area contributed by atoms with Crippen molar-refractivity contribution in [1.29, 1.82) is 0 Å². The molecule has 0 bridgehead atoms. The zero-order chi connectivity index (χ0) is 10.1. The lowest BCUT2D eigenvalue weighted by atomic mass is 9.95. The summed E-state index contributed by atoms with van der Waals surface area (Å²) in [4.78, 5) is 13.1. The van der Waals surface area contributed by atoms with Crippen molar-refractivity contribution in [2.45, 2.75) is 51.6 Å². The highest BCUT2D eigenvalue weighted by Gasteiger charge is 2.34. The summed E-state index contributed by atoms with van der Waals surface area (Å²) in [5, 5.41) is 9.03. The summed E-state index contributed by atoms with van der Waals surface area (Å²) in [7, 11) is 0. The third-order valence-electron chi connectivity index (χ3n) is 2.65. The van der Waals surface area contributed by atoms with E-state index in [1.54, 1.807) is 0 Å². The molecule has 0 aromatic rings. The fourth-order valence-corrected chi connectivity index (χ4v) is 1.99. The van der Waals surface area contributed by atoms with Crippen LogP contribution in [-0.2, 0) is 4.79 Å². The van der Waals surface area contributed by atoms with Gasteiger partial charge in [0.25, 0.3) is 0 Å². The molecular formula is C10H19NO2. The van der Waals surface area contributed by atoms with E-state index in [0.29, 0.717) is 0 Å². The molecule has 0 spiro atoms. The van der Waals surface area contributed by atoms with Gasteiger partial charge in [-0.25, -0.2) is 0 Å². The van der Waals surface area contributed by atoms with E-state index in [2.05, 4.69) is 25.7 Å². The highest BCUT2D eigenvalue weighted by molar-refractivity contribution is 5.73. The molecule has 3 nitrogen and oxygen atoms in total. The van der Waals surface area contributed by atoms with Crippen molar-refractivity contribution < 1.29 is 9.90 Å². The standard InChI is InChI=1S/C10H19NO2/c1-10(2,3)11-7-5-4-6-8(11)9(12)13/h8H,4-7H2,1-3H3,(H,12,13). The number of rotatable bonds is 1. The lowest BCUT2D eigenvalue weighted by Crippen LogP contribution is -2.53. The largest absolute Gasteiger partial charge is 0.480 e. The highest BCUT2D eigenvalue weighted by atomic mass is 16.4. The summed E-state index contributed by atoms with van der Waals surface area (Å²) in [6, 6.07) is -0.270. The summed E-state index contributed by atoms with van der Waals surface area (Å²) in [5.41, 5.74) is -0.0243. The first-order valence-electron chi connectivity index (χ1n) is 4.92. The minimum atomic E-state index is -0.672. The molecule has 13 heavy (non-hydrogen) atoms. The maximum atomic E-state index is 11.0. The van der Waals surface area contributed by atoms with Crippen LogP contribution in [0.1, 0.15) is 40.0 Å². The van der Waals surface area contributed by atoms with Gasteiger partial charge in [-0.3, -0.25) is 9.69 Å². The van der Waals surface area contributed by atoms with E-state index in [0.717, 1.165) is 25.8 Å². The van der Waals surface area contributed by atoms with Gasteiger partial charge in [-0.1, -0.05) is 6.42 Å². The lowest BCUT2D eigenvalue weighted by molar-refractivity contribution is -0.147. The SMILES string of the molecule is CC(C)(C)N1CCCCC1C(=O)O. The van der Waals surface area contributed by atoms with Crippen LogP contribution in [0.4, 0.5) is 0 Å². The Morgan fingerprint density at radius 1 is 1.38 bits per heavy atom. The lowest BCUT2D eigenvalue weighted by Gasteiger charge is -2.42. The molecule has 0 amide bonds. The predicted molar refractivity (Wildman–Crippen MR) is 51.7 cm³/mol. The average Bonchev–Trinajstić information content (AvgIpc) is 2.03. The topological polar surface area (TPSA) is 40.5 Å². The summed E-state index contributed by atoms with van der Waals surface area (Å²) in [6.45, 7) is 7.15. The molecule has 0 aliphatic carbocycles. The molecule has 1 heterocycles. The molecule has 3 heteroatoms. The van der Waals surface area contributed by atoms with Crippen molar-refractivity contribution >= 4 is 5.97 Å². The third-order valence-corrected chi connectivity index (χ3v) is 2.65. The van der Waals surface area contributed by atoms with Gasteiger partial charge in [0.05, 0.1) is 0 Å². The Bertz CT molecular complexity index is 196. The van der Waals surface area contributed by atoms with Gasteiger partial charge in [0.2, 0.25) is 0 Å². The third kappa shape index (κ3) is 2.44. The van der Waals surface area contributed by atoms with Crippen LogP contribution in [0.5, 0.6) is 0 Å². The van der Waals surface area contributed by atoms with Gasteiger partial charge in [-0.15, -0.1) is 0 Å². The Morgan fingerprint density at radius 3 is 2.38 bits per heavy atom. The Morgan fingerprint density at radius 2 is 2.00 bits per heavy atom. The molecule has 0 aromatic carbocycles. The zero-order valence-electron chi connectivity index (χ0n) is 8.71. The summed E-state index contributed by atoms with van der Waals surface area (Å²) >= 11 is 0. The van der Waals surface area contributed by atoms with Gasteiger partial charge in [-0.2, -0.15) is 0 Å². The number of carboxylic acid groups (broad SMARTS) is 1. The molecule has 1 aliphatic heterocycles. The second-order valence-electron chi connectivity index (χ2n) is 4.71. The van der Waals surface area contributed by atoms with E-state index in [4.69, 9.17) is 5.11 Å². The van der Waals surface area contributed by atoms with Gasteiger partial charge in [0.1, 0.15) is 6.04 Å². The van der Waals surface area contributed by atoms with Crippen LogP contribution in [0.2, 0.25) is 0 Å². The van der Waals surface area contributed by atoms with Crippen molar-refractivity contribution in [1.82, 2.24) is 4.90 Å². The van der Waals surface area contributed by atoms with E-state index in [-0.39, 0.29) is 11.6 Å². The van der Waals surface area contributed by atoms with Gasteiger partial charge < -0.3 is 5.11 Å². The molecular weight excluding hydrogens is 166 g/mol. The molecule has 1 atom stereocenters. The van der Waals surface area contributed by atoms with Crippen molar-refractivity contribution in [2.75, 3.05) is 6.54 Å². The fourth-order valence-electron chi connectivity index (χ4n) is 1.99. The number of nitrogens with zero attached hydrogens (tertiary/aromatic N) is 1. The van der Waals surface area contributed by atoms with E-state index in [9.17, 15) is 4.79 Å². The van der Waals surface area contributed by atoms with Gasteiger partial charge in [0.15, 0.2) is 0 Å². The molecule has 0 saturated carbocycles. The predicted octanol–water partition coefficient (Wildman–Crippen LogP) is 1.72. The minimum Gasteiger partial charge on any atom is -0.480 e. The normalized spacial score (nSPS) is 25.9. The van der Waals surface area contributed by atoms with Crippen LogP contribution >= 0.6 is 0 Å². The van der Waals surface area contributed by atoms with Crippen LogP contribution in [0, 0.1) is 0 Å². The highest BCUT2D eigenvalue weighted by Crippen LogP contribution is 2.25. The van der Waals surface area contributed by atoms with Crippen LogP contribution in [0.15, 0.2) is 0 Å². The van der Waals surface area contributed by atoms with Crippen LogP contribution in [-0.4, -0.2) is 34.1 Å². The first kappa shape index (κ1) is 10.5. The van der Waals surface area contributed by atoms with E-state index in [1.807, 2.05) is 0 Å². The van der Waals surface area contributed by atoms with Gasteiger partial charge in [-0.05, 0) is 40.2 Å². The second-order valence-corrected chi connectivity index (χ2v) is 4.71. The number of aliphatic carboxylic acids is 1. The molecule has 76 valence electrons. The van der Waals surface area contributed by atoms with Crippen molar-refractivity contribution in [2.24, 2.45) is 0 Å². The average molecular weight is 185 g/mol. The molecule has 1 aliphatic rings. The van der Waals surface area contributed by atoms with Crippen LogP contribution in [0.3, 0.4) is 0 Å².